The van der Waals surface area contributed by atoms with Gasteiger partial charge in [-0.05, 0) is 55.5 Å². The van der Waals surface area contributed by atoms with Crippen LogP contribution < -0.4 is 15.8 Å². The molecule has 0 bridgehead atoms. The Morgan fingerprint density at radius 1 is 1.09 bits per heavy atom. The Morgan fingerprint density at radius 3 is 2.52 bits per heavy atom. The SMILES string of the molecule is Nc1ccc(CC(=O)Nc2ccccc2OC2CCCC2)cc1. The summed E-state index contributed by atoms with van der Waals surface area (Å²) < 4.78 is 6.04. The Kier molecular flexibility index (Phi) is 4.81. The number of nitrogens with two attached hydrogens (primary N) is 1. The molecule has 1 saturated carbocycles. The van der Waals surface area contributed by atoms with Gasteiger partial charge in [-0.15, -0.1) is 0 Å². The third kappa shape index (κ3) is 4.25. The molecule has 0 radical (unpaired) electrons. The fourth-order valence-electron chi connectivity index (χ4n) is 2.87. The first-order valence-corrected chi connectivity index (χ1v) is 8.10. The average molecular weight is 310 g/mol. The lowest BCUT2D eigenvalue weighted by Gasteiger charge is -2.17. The van der Waals surface area contributed by atoms with Crippen LogP contribution in [0.25, 0.3) is 0 Å². The monoisotopic (exact) mass is 310 g/mol. The zero-order valence-corrected chi connectivity index (χ0v) is 13.1. The fourth-order valence-corrected chi connectivity index (χ4v) is 2.87. The number of para-hydroxylation sites is 2. The van der Waals surface area contributed by atoms with Gasteiger partial charge in [-0.1, -0.05) is 24.3 Å². The predicted octanol–water partition coefficient (Wildman–Crippen LogP) is 3.77. The molecule has 2 aromatic carbocycles. The predicted molar refractivity (Wildman–Crippen MR) is 92.5 cm³/mol. The van der Waals surface area contributed by atoms with E-state index in [-0.39, 0.29) is 12.0 Å². The quantitative estimate of drug-likeness (QED) is 0.826. The second kappa shape index (κ2) is 7.18. The summed E-state index contributed by atoms with van der Waals surface area (Å²) in [5.41, 5.74) is 8.03. The van der Waals surface area contributed by atoms with E-state index in [2.05, 4.69) is 5.32 Å². The minimum Gasteiger partial charge on any atom is -0.488 e. The van der Waals surface area contributed by atoms with Crippen LogP contribution in [0.3, 0.4) is 0 Å². The maximum atomic E-state index is 12.3. The lowest BCUT2D eigenvalue weighted by atomic mass is 10.1. The van der Waals surface area contributed by atoms with Gasteiger partial charge in [-0.3, -0.25) is 4.79 Å². The first-order chi connectivity index (χ1) is 11.2. The van der Waals surface area contributed by atoms with Crippen molar-refractivity contribution in [3.05, 3.63) is 54.1 Å². The average Bonchev–Trinajstić information content (AvgIpc) is 3.05. The number of benzene rings is 2. The molecule has 0 aliphatic heterocycles. The first-order valence-electron chi connectivity index (χ1n) is 8.10. The van der Waals surface area contributed by atoms with Crippen LogP contribution in [0.15, 0.2) is 48.5 Å². The number of rotatable bonds is 5. The van der Waals surface area contributed by atoms with Gasteiger partial charge < -0.3 is 15.8 Å². The molecule has 4 nitrogen and oxygen atoms in total. The van der Waals surface area contributed by atoms with Crippen LogP contribution in [0.1, 0.15) is 31.2 Å². The van der Waals surface area contributed by atoms with E-state index in [1.807, 2.05) is 36.4 Å². The number of nitrogens with one attached hydrogen (secondary N) is 1. The van der Waals surface area contributed by atoms with Crippen LogP contribution in [-0.2, 0) is 11.2 Å². The second-order valence-corrected chi connectivity index (χ2v) is 5.99. The van der Waals surface area contributed by atoms with Gasteiger partial charge >= 0.3 is 0 Å². The Labute approximate surface area is 136 Å². The minimum atomic E-state index is -0.0581. The standard InChI is InChI=1S/C19H22N2O2/c20-15-11-9-14(10-12-15)13-19(22)21-17-7-3-4-8-18(17)23-16-5-1-2-6-16/h3-4,7-12,16H,1-2,5-6,13,20H2,(H,21,22). The van der Waals surface area contributed by atoms with Crippen LogP contribution in [0.2, 0.25) is 0 Å². The van der Waals surface area contributed by atoms with Gasteiger partial charge in [0, 0.05) is 5.69 Å². The van der Waals surface area contributed by atoms with Crippen molar-refractivity contribution in [1.29, 1.82) is 0 Å². The number of hydrogen-bond acceptors (Lipinski definition) is 3. The first kappa shape index (κ1) is 15.4. The van der Waals surface area contributed by atoms with Gasteiger partial charge in [0.25, 0.3) is 0 Å². The molecule has 0 unspecified atom stereocenters. The molecule has 0 atom stereocenters. The molecule has 1 aliphatic rings. The summed E-state index contributed by atoms with van der Waals surface area (Å²) in [4.78, 5) is 12.3. The summed E-state index contributed by atoms with van der Waals surface area (Å²) in [6.45, 7) is 0. The van der Waals surface area contributed by atoms with E-state index in [9.17, 15) is 4.79 Å². The molecule has 3 N–H and O–H groups in total. The van der Waals surface area contributed by atoms with E-state index in [0.29, 0.717) is 12.1 Å². The molecule has 0 saturated heterocycles. The summed E-state index contributed by atoms with van der Waals surface area (Å²) in [7, 11) is 0. The molecule has 120 valence electrons. The van der Waals surface area contributed by atoms with Gasteiger partial charge in [-0.2, -0.15) is 0 Å². The largest absolute Gasteiger partial charge is 0.488 e. The zero-order chi connectivity index (χ0) is 16.1. The number of carbonyl (C=O) groups is 1. The van der Waals surface area contributed by atoms with Gasteiger partial charge in [-0.25, -0.2) is 0 Å². The molecular weight excluding hydrogens is 288 g/mol. The van der Waals surface area contributed by atoms with E-state index in [1.54, 1.807) is 12.1 Å². The Bertz CT molecular complexity index is 661. The highest BCUT2D eigenvalue weighted by atomic mass is 16.5. The molecule has 23 heavy (non-hydrogen) atoms. The maximum absolute atomic E-state index is 12.3. The van der Waals surface area contributed by atoms with Crippen molar-refractivity contribution in [3.8, 4) is 5.75 Å². The van der Waals surface area contributed by atoms with E-state index < -0.39 is 0 Å². The summed E-state index contributed by atoms with van der Waals surface area (Å²) in [6, 6.07) is 15.0. The second-order valence-electron chi connectivity index (χ2n) is 5.99. The van der Waals surface area contributed by atoms with E-state index in [1.165, 1.54) is 12.8 Å². The minimum absolute atomic E-state index is 0.0581. The molecule has 0 heterocycles. The number of hydrogen-bond donors (Lipinski definition) is 2. The summed E-state index contributed by atoms with van der Waals surface area (Å²) in [5.74, 6) is 0.697. The highest BCUT2D eigenvalue weighted by Crippen LogP contribution is 2.29. The van der Waals surface area contributed by atoms with Crippen LogP contribution in [0, 0.1) is 0 Å². The third-order valence-electron chi connectivity index (χ3n) is 4.10. The highest BCUT2D eigenvalue weighted by Gasteiger charge is 2.18. The third-order valence-corrected chi connectivity index (χ3v) is 4.10. The van der Waals surface area contributed by atoms with Crippen molar-refractivity contribution in [2.45, 2.75) is 38.2 Å². The summed E-state index contributed by atoms with van der Waals surface area (Å²) >= 11 is 0. The van der Waals surface area contributed by atoms with E-state index in [4.69, 9.17) is 10.5 Å². The lowest BCUT2D eigenvalue weighted by Crippen LogP contribution is -2.17. The molecular formula is C19H22N2O2. The molecule has 0 aromatic heterocycles. The molecule has 1 amide bonds. The molecule has 1 fully saturated rings. The van der Waals surface area contributed by atoms with Crippen molar-refractivity contribution in [2.24, 2.45) is 0 Å². The Hall–Kier alpha value is -2.49. The number of ether oxygens (including phenoxy) is 1. The number of amides is 1. The van der Waals surface area contributed by atoms with Crippen LogP contribution in [0.4, 0.5) is 11.4 Å². The lowest BCUT2D eigenvalue weighted by molar-refractivity contribution is -0.115. The topological polar surface area (TPSA) is 64.4 Å². The summed E-state index contributed by atoms with van der Waals surface area (Å²) in [5, 5.41) is 2.95. The van der Waals surface area contributed by atoms with Gasteiger partial charge in [0.15, 0.2) is 0 Å². The van der Waals surface area contributed by atoms with E-state index in [0.717, 1.165) is 29.8 Å². The number of nitrogen functional groups attached to an aromatic ring is 1. The number of anilines is 2. The van der Waals surface area contributed by atoms with Crippen LogP contribution in [-0.4, -0.2) is 12.0 Å². The van der Waals surface area contributed by atoms with Crippen LogP contribution in [0.5, 0.6) is 5.75 Å². The number of carbonyl (C=O) groups excluding carboxylic acids is 1. The summed E-state index contributed by atoms with van der Waals surface area (Å²) in [6.07, 6.45) is 5.21. The molecule has 0 spiro atoms. The zero-order valence-electron chi connectivity index (χ0n) is 13.1. The molecule has 3 rings (SSSR count). The highest BCUT2D eigenvalue weighted by molar-refractivity contribution is 5.93. The van der Waals surface area contributed by atoms with Crippen molar-refractivity contribution in [2.75, 3.05) is 11.1 Å². The van der Waals surface area contributed by atoms with Gasteiger partial charge in [0.1, 0.15) is 5.75 Å². The molecule has 4 heteroatoms. The smallest absolute Gasteiger partial charge is 0.228 e. The Balaban J connectivity index is 1.64. The molecule has 1 aliphatic carbocycles. The van der Waals surface area contributed by atoms with Gasteiger partial charge in [0.05, 0.1) is 18.2 Å². The fraction of sp³-hybridized carbons (Fsp3) is 0.316. The van der Waals surface area contributed by atoms with Crippen molar-refractivity contribution in [3.63, 3.8) is 0 Å². The van der Waals surface area contributed by atoms with Crippen molar-refractivity contribution in [1.82, 2.24) is 0 Å². The van der Waals surface area contributed by atoms with Gasteiger partial charge in [0.2, 0.25) is 5.91 Å². The van der Waals surface area contributed by atoms with E-state index >= 15 is 0 Å². The normalized spacial score (nSPS) is 14.6. The van der Waals surface area contributed by atoms with Crippen molar-refractivity contribution >= 4 is 17.3 Å². The maximum Gasteiger partial charge on any atom is 0.228 e. The van der Waals surface area contributed by atoms with Crippen molar-refractivity contribution < 1.29 is 9.53 Å². The van der Waals surface area contributed by atoms with Crippen LogP contribution >= 0.6 is 0 Å². The molecule has 2 aromatic rings. The Morgan fingerprint density at radius 2 is 1.78 bits per heavy atom.